The Morgan fingerprint density at radius 3 is 2.75 bits per heavy atom. The minimum absolute atomic E-state index is 0.0281. The molecule has 4 heteroatoms. The molecular weight excluding hydrogens is 208 g/mol. The van der Waals surface area contributed by atoms with Gasteiger partial charge in [0.05, 0.1) is 13.2 Å². The molecule has 1 saturated heterocycles. The van der Waals surface area contributed by atoms with E-state index in [9.17, 15) is 4.79 Å². The number of hydrogen-bond donors (Lipinski definition) is 0. The van der Waals surface area contributed by atoms with Crippen molar-refractivity contribution in [2.75, 3.05) is 14.2 Å². The Morgan fingerprint density at radius 1 is 1.44 bits per heavy atom. The molecule has 92 valence electrons. The van der Waals surface area contributed by atoms with Gasteiger partial charge in [-0.05, 0) is 19.3 Å². The molecule has 0 bridgehead atoms. The Balaban J connectivity index is 2.23. The number of ether oxygens (including phenoxy) is 3. The predicted octanol–water partition coefficient (Wildman–Crippen LogP) is 1.67. The van der Waals surface area contributed by atoms with E-state index in [-0.39, 0.29) is 12.1 Å². The first-order valence-corrected chi connectivity index (χ1v) is 5.98. The summed E-state index contributed by atoms with van der Waals surface area (Å²) in [5.41, 5.74) is -1.16. The Bertz CT molecular complexity index is 291. The third kappa shape index (κ3) is 1.32. The molecule has 0 aromatic heterocycles. The van der Waals surface area contributed by atoms with E-state index in [1.165, 1.54) is 7.11 Å². The predicted molar refractivity (Wildman–Crippen MR) is 58.1 cm³/mol. The minimum Gasteiger partial charge on any atom is -0.467 e. The van der Waals surface area contributed by atoms with Gasteiger partial charge in [0.15, 0.2) is 5.60 Å². The fourth-order valence-electron chi connectivity index (χ4n) is 3.18. The molecule has 1 aliphatic heterocycles. The second-order valence-electron chi connectivity index (χ2n) is 4.63. The number of methoxy groups -OCH3 is 2. The molecule has 4 nitrogen and oxygen atoms in total. The molecule has 1 aliphatic carbocycles. The average Bonchev–Trinajstić information content (AvgIpc) is 2.98. The van der Waals surface area contributed by atoms with Crippen LogP contribution in [0.3, 0.4) is 0 Å². The zero-order valence-corrected chi connectivity index (χ0v) is 10.2. The molecule has 3 unspecified atom stereocenters. The number of carbonyl (C=O) groups excluding carboxylic acids is 1. The zero-order chi connectivity index (χ0) is 11.8. The van der Waals surface area contributed by atoms with Crippen molar-refractivity contribution in [2.24, 2.45) is 0 Å². The van der Waals surface area contributed by atoms with Gasteiger partial charge in [0.25, 0.3) is 0 Å². The van der Waals surface area contributed by atoms with Crippen molar-refractivity contribution in [3.8, 4) is 0 Å². The van der Waals surface area contributed by atoms with Crippen LogP contribution in [-0.4, -0.2) is 37.5 Å². The van der Waals surface area contributed by atoms with Crippen LogP contribution in [0.1, 0.15) is 39.0 Å². The number of rotatable bonds is 3. The van der Waals surface area contributed by atoms with Crippen LogP contribution >= 0.6 is 0 Å². The van der Waals surface area contributed by atoms with Gasteiger partial charge in [-0.3, -0.25) is 0 Å². The number of carbonyl (C=O) groups is 1. The molecule has 2 aliphatic rings. The maximum Gasteiger partial charge on any atom is 0.341 e. The lowest BCUT2D eigenvalue weighted by Crippen LogP contribution is -2.45. The van der Waals surface area contributed by atoms with E-state index >= 15 is 0 Å². The standard InChI is InChI=1S/C12H20O4/c1-4-11(10(13)15-3)12(16-11)8-6-5-7-9(12)14-2/h9H,4-8H2,1-3H3. The molecule has 0 aromatic carbocycles. The second kappa shape index (κ2) is 4.00. The lowest BCUT2D eigenvalue weighted by atomic mass is 9.76. The molecule has 0 aromatic rings. The van der Waals surface area contributed by atoms with E-state index in [1.54, 1.807) is 7.11 Å². The van der Waals surface area contributed by atoms with Gasteiger partial charge in [-0.2, -0.15) is 0 Å². The van der Waals surface area contributed by atoms with E-state index in [0.717, 1.165) is 25.7 Å². The van der Waals surface area contributed by atoms with Crippen molar-refractivity contribution in [1.82, 2.24) is 0 Å². The summed E-state index contributed by atoms with van der Waals surface area (Å²) in [6.45, 7) is 1.97. The van der Waals surface area contributed by atoms with Gasteiger partial charge in [-0.1, -0.05) is 19.8 Å². The van der Waals surface area contributed by atoms with E-state index in [2.05, 4.69) is 0 Å². The summed E-state index contributed by atoms with van der Waals surface area (Å²) in [6.07, 6.45) is 4.78. The molecule has 0 amide bonds. The summed E-state index contributed by atoms with van der Waals surface area (Å²) >= 11 is 0. The number of hydrogen-bond acceptors (Lipinski definition) is 4. The SMILES string of the molecule is CCC1(C(=O)OC)OC12CCCCC2OC. The quantitative estimate of drug-likeness (QED) is 0.544. The molecule has 1 spiro atoms. The first-order chi connectivity index (χ1) is 7.66. The first-order valence-electron chi connectivity index (χ1n) is 5.98. The topological polar surface area (TPSA) is 48.1 Å². The van der Waals surface area contributed by atoms with Gasteiger partial charge in [0, 0.05) is 7.11 Å². The van der Waals surface area contributed by atoms with Crippen LogP contribution in [0, 0.1) is 0 Å². The maximum absolute atomic E-state index is 11.9. The van der Waals surface area contributed by atoms with Crippen LogP contribution in [0.4, 0.5) is 0 Å². The molecule has 2 rings (SSSR count). The molecular formula is C12H20O4. The molecule has 3 atom stereocenters. The first kappa shape index (κ1) is 11.9. The van der Waals surface area contributed by atoms with Gasteiger partial charge >= 0.3 is 5.97 Å². The van der Waals surface area contributed by atoms with Crippen molar-refractivity contribution in [3.05, 3.63) is 0 Å². The minimum atomic E-state index is -0.747. The molecule has 0 N–H and O–H groups in total. The van der Waals surface area contributed by atoms with Gasteiger partial charge in [-0.25, -0.2) is 4.79 Å². The highest BCUT2D eigenvalue weighted by molar-refractivity contribution is 5.85. The summed E-state index contributed by atoms with van der Waals surface area (Å²) in [7, 11) is 3.11. The molecule has 1 heterocycles. The highest BCUT2D eigenvalue weighted by atomic mass is 16.7. The fourth-order valence-corrected chi connectivity index (χ4v) is 3.18. The summed E-state index contributed by atoms with van der Waals surface area (Å²) in [4.78, 5) is 11.9. The summed E-state index contributed by atoms with van der Waals surface area (Å²) in [6, 6.07) is 0. The molecule has 0 radical (unpaired) electrons. The fraction of sp³-hybridized carbons (Fsp3) is 0.917. The number of epoxide rings is 1. The van der Waals surface area contributed by atoms with Crippen LogP contribution in [-0.2, 0) is 19.0 Å². The smallest absolute Gasteiger partial charge is 0.341 e. The Hall–Kier alpha value is -0.610. The second-order valence-corrected chi connectivity index (χ2v) is 4.63. The normalized spacial score (nSPS) is 42.1. The van der Waals surface area contributed by atoms with Crippen LogP contribution in [0.15, 0.2) is 0 Å². The summed E-state index contributed by atoms with van der Waals surface area (Å²) in [5, 5.41) is 0. The van der Waals surface area contributed by atoms with Gasteiger partial charge in [0.1, 0.15) is 5.60 Å². The monoisotopic (exact) mass is 228 g/mol. The third-order valence-electron chi connectivity index (χ3n) is 4.08. The Morgan fingerprint density at radius 2 is 2.19 bits per heavy atom. The van der Waals surface area contributed by atoms with Gasteiger partial charge in [-0.15, -0.1) is 0 Å². The van der Waals surface area contributed by atoms with Crippen molar-refractivity contribution in [2.45, 2.75) is 56.3 Å². The van der Waals surface area contributed by atoms with Gasteiger partial charge < -0.3 is 14.2 Å². The summed E-state index contributed by atoms with van der Waals surface area (Å²) in [5.74, 6) is -0.251. The van der Waals surface area contributed by atoms with Crippen molar-refractivity contribution < 1.29 is 19.0 Å². The average molecular weight is 228 g/mol. The van der Waals surface area contributed by atoms with Gasteiger partial charge in [0.2, 0.25) is 0 Å². The lowest BCUT2D eigenvalue weighted by Gasteiger charge is -2.30. The highest BCUT2D eigenvalue weighted by Crippen LogP contribution is 2.59. The molecule has 2 fully saturated rings. The summed E-state index contributed by atoms with van der Waals surface area (Å²) < 4.78 is 16.2. The van der Waals surface area contributed by atoms with Crippen LogP contribution < -0.4 is 0 Å². The van der Waals surface area contributed by atoms with E-state index in [4.69, 9.17) is 14.2 Å². The van der Waals surface area contributed by atoms with E-state index < -0.39 is 11.2 Å². The van der Waals surface area contributed by atoms with E-state index in [1.807, 2.05) is 6.92 Å². The highest BCUT2D eigenvalue weighted by Gasteiger charge is 2.77. The maximum atomic E-state index is 11.9. The Labute approximate surface area is 96.2 Å². The Kier molecular flexibility index (Phi) is 2.97. The van der Waals surface area contributed by atoms with Crippen LogP contribution in [0.2, 0.25) is 0 Å². The van der Waals surface area contributed by atoms with Crippen LogP contribution in [0.5, 0.6) is 0 Å². The van der Waals surface area contributed by atoms with E-state index in [0.29, 0.717) is 6.42 Å². The van der Waals surface area contributed by atoms with Crippen molar-refractivity contribution in [1.29, 1.82) is 0 Å². The molecule has 16 heavy (non-hydrogen) atoms. The van der Waals surface area contributed by atoms with Crippen LogP contribution in [0.25, 0.3) is 0 Å². The number of esters is 1. The van der Waals surface area contributed by atoms with Crippen molar-refractivity contribution >= 4 is 5.97 Å². The zero-order valence-electron chi connectivity index (χ0n) is 10.2. The third-order valence-corrected chi connectivity index (χ3v) is 4.08. The lowest BCUT2D eigenvalue weighted by molar-refractivity contribution is -0.147. The molecule has 1 saturated carbocycles. The van der Waals surface area contributed by atoms with Crippen molar-refractivity contribution in [3.63, 3.8) is 0 Å². The largest absolute Gasteiger partial charge is 0.467 e.